The fourth-order valence-electron chi connectivity index (χ4n) is 6.34. The summed E-state index contributed by atoms with van der Waals surface area (Å²) in [5, 5.41) is 13.1. The maximum Gasteiger partial charge on any atom is 0.149 e. The molecule has 2 aliphatic rings. The van der Waals surface area contributed by atoms with Crippen molar-refractivity contribution in [1.29, 1.82) is 0 Å². The molecule has 1 aromatic carbocycles. The monoisotopic (exact) mass is 536 g/mol. The van der Waals surface area contributed by atoms with Crippen LogP contribution in [-0.2, 0) is 21.8 Å². The second kappa shape index (κ2) is 8.45. The molecule has 0 amide bonds. The summed E-state index contributed by atoms with van der Waals surface area (Å²) in [7, 11) is -3.11. The van der Waals surface area contributed by atoms with Gasteiger partial charge in [0.25, 0.3) is 0 Å². The van der Waals surface area contributed by atoms with Gasteiger partial charge in [0.1, 0.15) is 21.5 Å². The molecule has 2 aliphatic carbocycles. The van der Waals surface area contributed by atoms with E-state index in [9.17, 15) is 17.2 Å². The zero-order valence-corrected chi connectivity index (χ0v) is 22.0. The summed E-state index contributed by atoms with van der Waals surface area (Å²) in [5.41, 5.74) is 2.96. The van der Waals surface area contributed by atoms with Crippen LogP contribution in [0.25, 0.3) is 22.5 Å². The number of fused-ring (bicyclic) bond motifs is 5. The average molecular weight is 537 g/mol. The van der Waals surface area contributed by atoms with Crippen molar-refractivity contribution < 1.29 is 17.2 Å². The standard InChI is InChI=1S/C27H26F2N6O2S/c1-26(2)18-7-8-27(26,25-17(18)11-21(33-34-25)24-19(28)5-4-6-20(24)29)23-14-30-13-22(32-23)16-12-31-35(15-16)9-10-38(3,36)37/h4-6,11-15,18H,7-10H2,1-3H3/t18-,27-/m0/s1. The summed E-state index contributed by atoms with van der Waals surface area (Å²) in [5.74, 6) is -1.24. The Labute approximate surface area is 219 Å². The Kier molecular flexibility index (Phi) is 5.50. The number of nitrogens with zero attached hydrogens (tertiary/aromatic N) is 6. The molecule has 3 heterocycles. The Morgan fingerprint density at radius 3 is 2.58 bits per heavy atom. The number of aromatic nitrogens is 6. The van der Waals surface area contributed by atoms with E-state index in [1.165, 1.54) is 24.5 Å². The van der Waals surface area contributed by atoms with Crippen LogP contribution < -0.4 is 0 Å². The van der Waals surface area contributed by atoms with E-state index in [4.69, 9.17) is 4.98 Å². The van der Waals surface area contributed by atoms with Crippen LogP contribution in [0.2, 0.25) is 0 Å². The Hall–Kier alpha value is -3.60. The highest BCUT2D eigenvalue weighted by Crippen LogP contribution is 2.69. The highest BCUT2D eigenvalue weighted by atomic mass is 32.2. The third-order valence-corrected chi connectivity index (χ3v) is 9.22. The van der Waals surface area contributed by atoms with E-state index < -0.39 is 26.9 Å². The van der Waals surface area contributed by atoms with E-state index in [0.29, 0.717) is 5.69 Å². The highest BCUT2D eigenvalue weighted by Gasteiger charge is 2.65. The number of sulfone groups is 1. The molecule has 1 saturated carbocycles. The Morgan fingerprint density at radius 2 is 1.84 bits per heavy atom. The van der Waals surface area contributed by atoms with Gasteiger partial charge in [-0.15, -0.1) is 5.10 Å². The van der Waals surface area contributed by atoms with Crippen molar-refractivity contribution in [1.82, 2.24) is 29.9 Å². The van der Waals surface area contributed by atoms with Crippen molar-refractivity contribution in [3.05, 3.63) is 77.6 Å². The van der Waals surface area contributed by atoms with Crippen LogP contribution in [0, 0.1) is 17.0 Å². The molecule has 0 saturated heterocycles. The van der Waals surface area contributed by atoms with Crippen molar-refractivity contribution in [3.8, 4) is 22.5 Å². The second-order valence-corrected chi connectivity index (χ2v) is 13.0. The number of benzene rings is 1. The highest BCUT2D eigenvalue weighted by molar-refractivity contribution is 7.90. The van der Waals surface area contributed by atoms with Gasteiger partial charge in [-0.1, -0.05) is 19.9 Å². The summed E-state index contributed by atoms with van der Waals surface area (Å²) in [6.45, 7) is 4.60. The fourth-order valence-corrected chi connectivity index (χ4v) is 6.86. The molecule has 1 fully saturated rings. The molecule has 38 heavy (non-hydrogen) atoms. The third kappa shape index (κ3) is 3.66. The zero-order chi connectivity index (χ0) is 26.9. The predicted octanol–water partition coefficient (Wildman–Crippen LogP) is 4.32. The third-order valence-electron chi connectivity index (χ3n) is 8.29. The molecule has 2 bridgehead atoms. The molecule has 0 N–H and O–H groups in total. The minimum Gasteiger partial charge on any atom is -0.271 e. The SMILES string of the molecule is CC1(C)[C@H]2CC[C@]1(c1cncc(-c3cnn(CCS(C)(=O)=O)c3)n1)c1nnc(-c3c(F)cccc3F)cc12. The van der Waals surface area contributed by atoms with Gasteiger partial charge in [0.15, 0.2) is 0 Å². The van der Waals surface area contributed by atoms with E-state index in [1.807, 2.05) is 0 Å². The molecule has 6 rings (SSSR count). The first-order valence-corrected chi connectivity index (χ1v) is 14.4. The first-order chi connectivity index (χ1) is 18.0. The van der Waals surface area contributed by atoms with Crippen LogP contribution in [0.5, 0.6) is 0 Å². The van der Waals surface area contributed by atoms with E-state index >= 15 is 0 Å². The smallest absolute Gasteiger partial charge is 0.149 e. The van der Waals surface area contributed by atoms with Gasteiger partial charge < -0.3 is 0 Å². The first kappa shape index (κ1) is 24.7. The molecule has 3 aromatic heterocycles. The number of hydrogen-bond donors (Lipinski definition) is 0. The second-order valence-electron chi connectivity index (χ2n) is 10.8. The molecule has 0 radical (unpaired) electrons. The quantitative estimate of drug-likeness (QED) is 0.361. The van der Waals surface area contributed by atoms with E-state index in [1.54, 1.807) is 35.5 Å². The Morgan fingerprint density at radius 1 is 1.08 bits per heavy atom. The van der Waals surface area contributed by atoms with Crippen molar-refractivity contribution in [2.45, 2.75) is 44.6 Å². The molecular weight excluding hydrogens is 510 g/mol. The number of hydrogen-bond acceptors (Lipinski definition) is 7. The van der Waals surface area contributed by atoms with Gasteiger partial charge in [-0.2, -0.15) is 10.2 Å². The lowest BCUT2D eigenvalue weighted by molar-refractivity contribution is 0.242. The average Bonchev–Trinajstić information content (AvgIpc) is 3.50. The van der Waals surface area contributed by atoms with E-state index in [-0.39, 0.29) is 34.9 Å². The van der Waals surface area contributed by atoms with Gasteiger partial charge in [0, 0.05) is 24.2 Å². The summed E-state index contributed by atoms with van der Waals surface area (Å²) < 4.78 is 53.7. The molecule has 0 aliphatic heterocycles. The van der Waals surface area contributed by atoms with Crippen molar-refractivity contribution >= 4 is 9.84 Å². The molecule has 11 heteroatoms. The van der Waals surface area contributed by atoms with Crippen molar-refractivity contribution in [2.24, 2.45) is 5.41 Å². The van der Waals surface area contributed by atoms with Crippen LogP contribution in [-0.4, -0.2) is 50.4 Å². The van der Waals surface area contributed by atoms with Crippen molar-refractivity contribution in [2.75, 3.05) is 12.0 Å². The molecule has 8 nitrogen and oxygen atoms in total. The minimum absolute atomic E-state index is 0.00719. The molecule has 0 unspecified atom stereocenters. The lowest BCUT2D eigenvalue weighted by Gasteiger charge is -2.37. The minimum atomic E-state index is -3.11. The van der Waals surface area contributed by atoms with E-state index in [0.717, 1.165) is 35.4 Å². The summed E-state index contributed by atoms with van der Waals surface area (Å²) >= 11 is 0. The predicted molar refractivity (Wildman–Crippen MR) is 137 cm³/mol. The van der Waals surface area contributed by atoms with Crippen LogP contribution in [0.3, 0.4) is 0 Å². The number of halogens is 2. The van der Waals surface area contributed by atoms with E-state index in [2.05, 4.69) is 34.1 Å². The number of rotatable bonds is 6. The molecule has 2 atom stereocenters. The maximum absolute atomic E-state index is 14.5. The van der Waals surface area contributed by atoms with Gasteiger partial charge in [-0.05, 0) is 47.9 Å². The largest absolute Gasteiger partial charge is 0.271 e. The Bertz CT molecular complexity index is 1670. The Balaban J connectivity index is 1.41. The first-order valence-electron chi connectivity index (χ1n) is 12.4. The molecule has 4 aromatic rings. The topological polar surface area (TPSA) is 104 Å². The zero-order valence-electron chi connectivity index (χ0n) is 21.2. The molecule has 196 valence electrons. The normalized spacial score (nSPS) is 21.6. The fraction of sp³-hybridized carbons (Fsp3) is 0.370. The van der Waals surface area contributed by atoms with Gasteiger partial charge in [-0.25, -0.2) is 22.2 Å². The van der Waals surface area contributed by atoms with Crippen LogP contribution in [0.15, 0.2) is 49.1 Å². The lowest BCUT2D eigenvalue weighted by atomic mass is 9.66. The molecule has 0 spiro atoms. The van der Waals surface area contributed by atoms with Crippen LogP contribution in [0.4, 0.5) is 8.78 Å². The summed E-state index contributed by atoms with van der Waals surface area (Å²) in [6, 6.07) is 5.54. The van der Waals surface area contributed by atoms with Gasteiger partial charge in [-0.3, -0.25) is 9.67 Å². The number of aryl methyl sites for hydroxylation is 1. The van der Waals surface area contributed by atoms with Crippen LogP contribution >= 0.6 is 0 Å². The van der Waals surface area contributed by atoms with Crippen molar-refractivity contribution in [3.63, 3.8) is 0 Å². The lowest BCUT2D eigenvalue weighted by Crippen LogP contribution is -2.38. The molecular formula is C27H26F2N6O2S. The summed E-state index contributed by atoms with van der Waals surface area (Å²) in [4.78, 5) is 9.49. The van der Waals surface area contributed by atoms with Gasteiger partial charge in [0.2, 0.25) is 0 Å². The summed E-state index contributed by atoms with van der Waals surface area (Å²) in [6.07, 6.45) is 9.68. The van der Waals surface area contributed by atoms with Gasteiger partial charge in [0.05, 0.1) is 58.4 Å². The van der Waals surface area contributed by atoms with Gasteiger partial charge >= 0.3 is 0 Å². The van der Waals surface area contributed by atoms with Crippen LogP contribution in [0.1, 0.15) is 49.6 Å². The maximum atomic E-state index is 14.5.